The van der Waals surface area contributed by atoms with Gasteiger partial charge < -0.3 is 4.90 Å². The van der Waals surface area contributed by atoms with Gasteiger partial charge >= 0.3 is 0 Å². The number of carbonyl (C=O) groups excluding carboxylic acids is 1. The average Bonchev–Trinajstić information content (AvgIpc) is 2.40. The van der Waals surface area contributed by atoms with E-state index in [2.05, 4.69) is 9.97 Å². The van der Waals surface area contributed by atoms with Gasteiger partial charge in [-0.15, -0.1) is 0 Å². The lowest BCUT2D eigenvalue weighted by Crippen LogP contribution is -2.16. The highest BCUT2D eigenvalue weighted by molar-refractivity contribution is 6.00. The molecule has 0 aliphatic carbocycles. The Morgan fingerprint density at radius 3 is 2.58 bits per heavy atom. The van der Waals surface area contributed by atoms with Gasteiger partial charge in [0.1, 0.15) is 11.6 Å². The van der Waals surface area contributed by atoms with Crippen LogP contribution in [0.4, 0.5) is 11.5 Å². The zero-order valence-corrected chi connectivity index (χ0v) is 11.6. The molecule has 0 aliphatic rings. The van der Waals surface area contributed by atoms with Gasteiger partial charge in [-0.2, -0.15) is 0 Å². The molecule has 0 fully saturated rings. The topological polar surface area (TPSA) is 46.1 Å². The third-order valence-corrected chi connectivity index (χ3v) is 3.03. The van der Waals surface area contributed by atoms with E-state index in [9.17, 15) is 4.79 Å². The molecule has 0 spiro atoms. The number of Topliss-reactive ketones (excluding diaryl/α,β-unsaturated/α-hetero) is 1. The Kier molecular flexibility index (Phi) is 3.60. The molecule has 4 heteroatoms. The molecule has 0 aliphatic heterocycles. The maximum absolute atomic E-state index is 11.7. The van der Waals surface area contributed by atoms with Crippen molar-refractivity contribution < 1.29 is 4.79 Å². The van der Waals surface area contributed by atoms with Gasteiger partial charge in [0.05, 0.1) is 5.69 Å². The van der Waals surface area contributed by atoms with Crippen molar-refractivity contribution in [1.29, 1.82) is 0 Å². The van der Waals surface area contributed by atoms with Gasteiger partial charge in [-0.3, -0.25) is 4.79 Å². The summed E-state index contributed by atoms with van der Waals surface area (Å²) in [5.74, 6) is 1.58. The van der Waals surface area contributed by atoms with E-state index in [1.807, 2.05) is 50.1 Å². The number of aryl methyl sites for hydroxylation is 2. The monoisotopic (exact) mass is 255 g/mol. The van der Waals surface area contributed by atoms with Crippen LogP contribution in [0, 0.1) is 13.8 Å². The second kappa shape index (κ2) is 5.18. The lowest BCUT2D eigenvalue weighted by molar-refractivity contribution is 0.101. The average molecular weight is 255 g/mol. The van der Waals surface area contributed by atoms with Gasteiger partial charge in [0.25, 0.3) is 0 Å². The van der Waals surface area contributed by atoms with Crippen molar-refractivity contribution in [3.05, 3.63) is 47.4 Å². The van der Waals surface area contributed by atoms with E-state index in [0.717, 1.165) is 17.1 Å². The highest BCUT2D eigenvalue weighted by atomic mass is 16.1. The summed E-state index contributed by atoms with van der Waals surface area (Å²) in [6.07, 6.45) is 1.80. The normalized spacial score (nSPS) is 10.3. The molecule has 2 rings (SSSR count). The van der Waals surface area contributed by atoms with Crippen molar-refractivity contribution in [3.63, 3.8) is 0 Å². The van der Waals surface area contributed by atoms with Crippen LogP contribution < -0.4 is 4.90 Å². The summed E-state index contributed by atoms with van der Waals surface area (Å²) < 4.78 is 0. The van der Waals surface area contributed by atoms with E-state index in [1.165, 1.54) is 0 Å². The molecule has 0 amide bonds. The van der Waals surface area contributed by atoms with E-state index in [1.54, 1.807) is 13.1 Å². The van der Waals surface area contributed by atoms with E-state index in [4.69, 9.17) is 0 Å². The third kappa shape index (κ3) is 2.62. The maximum Gasteiger partial charge on any atom is 0.161 e. The molecule has 0 saturated carbocycles. The number of benzene rings is 1. The van der Waals surface area contributed by atoms with Crippen molar-refractivity contribution in [2.24, 2.45) is 0 Å². The molecule has 1 aromatic carbocycles. The minimum atomic E-state index is 0.0471. The molecule has 0 unspecified atom stereocenters. The fourth-order valence-electron chi connectivity index (χ4n) is 2.04. The quantitative estimate of drug-likeness (QED) is 0.791. The first-order valence-electron chi connectivity index (χ1n) is 6.14. The van der Waals surface area contributed by atoms with E-state index in [-0.39, 0.29) is 5.78 Å². The van der Waals surface area contributed by atoms with E-state index in [0.29, 0.717) is 11.4 Å². The third-order valence-electron chi connectivity index (χ3n) is 3.03. The predicted octanol–water partition coefficient (Wildman–Crippen LogP) is 3.06. The van der Waals surface area contributed by atoms with Crippen molar-refractivity contribution >= 4 is 17.3 Å². The smallest absolute Gasteiger partial charge is 0.161 e. The first-order chi connectivity index (χ1) is 9.00. The summed E-state index contributed by atoms with van der Waals surface area (Å²) in [4.78, 5) is 22.2. The molecule has 1 aromatic heterocycles. The van der Waals surface area contributed by atoms with Gasteiger partial charge in [0.2, 0.25) is 0 Å². The highest BCUT2D eigenvalue weighted by Crippen LogP contribution is 2.27. The Bertz CT molecular complexity index is 623. The summed E-state index contributed by atoms with van der Waals surface area (Å²) in [6, 6.07) is 7.54. The predicted molar refractivity (Wildman–Crippen MR) is 76.0 cm³/mol. The number of carbonyl (C=O) groups is 1. The van der Waals surface area contributed by atoms with Crippen LogP contribution in [0.2, 0.25) is 0 Å². The Balaban J connectivity index is 2.53. The zero-order chi connectivity index (χ0) is 14.0. The summed E-state index contributed by atoms with van der Waals surface area (Å²) in [7, 11) is 1.91. The maximum atomic E-state index is 11.7. The van der Waals surface area contributed by atoms with Gasteiger partial charge in [-0.25, -0.2) is 9.97 Å². The van der Waals surface area contributed by atoms with Crippen LogP contribution in [0.1, 0.15) is 28.7 Å². The molecule has 0 N–H and O–H groups in total. The number of para-hydroxylation sites is 1. The molecule has 0 bridgehead atoms. The van der Waals surface area contributed by atoms with Gasteiger partial charge in [0.15, 0.2) is 5.78 Å². The molecule has 0 radical (unpaired) electrons. The van der Waals surface area contributed by atoms with Gasteiger partial charge in [0, 0.05) is 24.4 Å². The summed E-state index contributed by atoms with van der Waals surface area (Å²) in [6.45, 7) is 5.39. The number of nitrogens with zero attached hydrogens (tertiary/aromatic N) is 3. The number of hydrogen-bond acceptors (Lipinski definition) is 4. The van der Waals surface area contributed by atoms with E-state index < -0.39 is 0 Å². The van der Waals surface area contributed by atoms with Crippen molar-refractivity contribution in [3.8, 4) is 0 Å². The minimum Gasteiger partial charge on any atom is -0.328 e. The molecule has 1 heterocycles. The van der Waals surface area contributed by atoms with E-state index >= 15 is 0 Å². The molecular weight excluding hydrogens is 238 g/mol. The van der Waals surface area contributed by atoms with Crippen LogP contribution in [0.15, 0.2) is 30.5 Å². The second-order valence-corrected chi connectivity index (χ2v) is 4.56. The first kappa shape index (κ1) is 13.2. The second-order valence-electron chi connectivity index (χ2n) is 4.56. The Morgan fingerprint density at radius 1 is 1.21 bits per heavy atom. The Hall–Kier alpha value is -2.23. The molecular formula is C15H17N3O. The number of hydrogen-bond donors (Lipinski definition) is 0. The van der Waals surface area contributed by atoms with Crippen LogP contribution in [-0.2, 0) is 0 Å². The van der Waals surface area contributed by atoms with Crippen molar-refractivity contribution in [2.75, 3.05) is 11.9 Å². The van der Waals surface area contributed by atoms with Crippen molar-refractivity contribution in [2.45, 2.75) is 20.8 Å². The summed E-state index contributed by atoms with van der Waals surface area (Å²) in [5.41, 5.74) is 2.53. The van der Waals surface area contributed by atoms with Crippen LogP contribution in [0.3, 0.4) is 0 Å². The zero-order valence-electron chi connectivity index (χ0n) is 11.6. The van der Waals surface area contributed by atoms with Crippen LogP contribution in [-0.4, -0.2) is 22.8 Å². The Morgan fingerprint density at radius 2 is 1.89 bits per heavy atom. The molecule has 0 saturated heterocycles. The molecule has 98 valence electrons. The van der Waals surface area contributed by atoms with Crippen LogP contribution >= 0.6 is 0 Å². The molecule has 4 nitrogen and oxygen atoms in total. The largest absolute Gasteiger partial charge is 0.328 e. The number of rotatable bonds is 3. The minimum absolute atomic E-state index is 0.0471. The van der Waals surface area contributed by atoms with Gasteiger partial charge in [-0.1, -0.05) is 12.1 Å². The lowest BCUT2D eigenvalue weighted by Gasteiger charge is -2.22. The molecule has 0 atom stereocenters. The summed E-state index contributed by atoms with van der Waals surface area (Å²) in [5, 5.41) is 0. The Labute approximate surface area is 113 Å². The fourth-order valence-corrected chi connectivity index (χ4v) is 2.04. The highest BCUT2D eigenvalue weighted by Gasteiger charge is 2.14. The van der Waals surface area contributed by atoms with Crippen LogP contribution in [0.5, 0.6) is 0 Å². The van der Waals surface area contributed by atoms with Crippen LogP contribution in [0.25, 0.3) is 0 Å². The standard InChI is InChI=1S/C15H17N3O/c1-10-9-16-12(3)17-15(10)18(4)14-8-6-5-7-13(14)11(2)19/h5-9H,1-4H3. The number of aromatic nitrogens is 2. The fraction of sp³-hybridized carbons (Fsp3) is 0.267. The first-order valence-corrected chi connectivity index (χ1v) is 6.14. The SMILES string of the molecule is CC(=O)c1ccccc1N(C)c1nc(C)ncc1C. The lowest BCUT2D eigenvalue weighted by atomic mass is 10.1. The molecule has 2 aromatic rings. The van der Waals surface area contributed by atoms with Crippen molar-refractivity contribution in [1.82, 2.24) is 9.97 Å². The number of anilines is 2. The number of ketones is 1. The van der Waals surface area contributed by atoms with Gasteiger partial charge in [-0.05, 0) is 32.9 Å². The molecule has 19 heavy (non-hydrogen) atoms. The summed E-state index contributed by atoms with van der Waals surface area (Å²) >= 11 is 0.